The molecular weight excluding hydrogens is 321 g/mol. The third-order valence-corrected chi connectivity index (χ3v) is 3.40. The summed E-state index contributed by atoms with van der Waals surface area (Å²) in [5.41, 5.74) is 0.760. The third kappa shape index (κ3) is 5.62. The zero-order valence-electron chi connectivity index (χ0n) is 14.2. The Kier molecular flexibility index (Phi) is 6.54. The van der Waals surface area contributed by atoms with Gasteiger partial charge in [0.1, 0.15) is 17.7 Å². The second-order valence-corrected chi connectivity index (χ2v) is 5.98. The van der Waals surface area contributed by atoms with Gasteiger partial charge in [0, 0.05) is 6.20 Å². The Bertz CT molecular complexity index is 755. The van der Waals surface area contributed by atoms with E-state index in [1.54, 1.807) is 18.2 Å². The molecule has 1 N–H and O–H groups in total. The van der Waals surface area contributed by atoms with E-state index in [0.717, 1.165) is 5.56 Å². The van der Waals surface area contributed by atoms with Crippen molar-refractivity contribution < 1.29 is 9.18 Å². The molecule has 0 aliphatic carbocycles. The number of rotatable bonds is 7. The van der Waals surface area contributed by atoms with Crippen molar-refractivity contribution in [2.75, 3.05) is 18.0 Å². The van der Waals surface area contributed by atoms with Gasteiger partial charge in [-0.2, -0.15) is 5.26 Å². The van der Waals surface area contributed by atoms with E-state index < -0.39 is 0 Å². The van der Waals surface area contributed by atoms with E-state index in [9.17, 15) is 9.18 Å². The highest BCUT2D eigenvalue weighted by atomic mass is 19.1. The predicted octanol–water partition coefficient (Wildman–Crippen LogP) is 2.27. The lowest BCUT2D eigenvalue weighted by atomic mass is 10.2. The number of anilines is 1. The van der Waals surface area contributed by atoms with Crippen LogP contribution >= 0.6 is 0 Å². The number of amides is 1. The van der Waals surface area contributed by atoms with Crippen LogP contribution in [0.3, 0.4) is 0 Å². The molecule has 2 aromatic rings. The molecule has 130 valence electrons. The molecule has 0 unspecified atom stereocenters. The Balaban J connectivity index is 2.22. The Morgan fingerprint density at radius 3 is 2.68 bits per heavy atom. The predicted molar refractivity (Wildman–Crippen MR) is 92.0 cm³/mol. The average Bonchev–Trinajstić information content (AvgIpc) is 2.60. The van der Waals surface area contributed by atoms with Crippen molar-refractivity contribution in [2.24, 2.45) is 5.92 Å². The van der Waals surface area contributed by atoms with Crippen molar-refractivity contribution in [3.8, 4) is 6.07 Å². The van der Waals surface area contributed by atoms with Crippen LogP contribution in [0.25, 0.3) is 0 Å². The number of nitrogens with one attached hydrogen (secondary N) is 1. The molecule has 2 rings (SSSR count). The first-order chi connectivity index (χ1) is 12.0. The number of carbonyl (C=O) groups is 1. The molecule has 0 bridgehead atoms. The van der Waals surface area contributed by atoms with Crippen LogP contribution in [0.2, 0.25) is 0 Å². The molecule has 6 nitrogen and oxygen atoms in total. The van der Waals surface area contributed by atoms with Crippen LogP contribution in [0.1, 0.15) is 25.2 Å². The minimum absolute atomic E-state index is 0.00968. The molecule has 0 saturated carbocycles. The van der Waals surface area contributed by atoms with Gasteiger partial charge in [-0.05, 0) is 36.2 Å². The molecule has 1 heterocycles. The van der Waals surface area contributed by atoms with E-state index in [1.807, 2.05) is 6.07 Å². The molecule has 0 saturated heterocycles. The van der Waals surface area contributed by atoms with Gasteiger partial charge in [0.2, 0.25) is 11.7 Å². The van der Waals surface area contributed by atoms with Gasteiger partial charge in [0.25, 0.3) is 0 Å². The number of nitriles is 1. The van der Waals surface area contributed by atoms with Crippen molar-refractivity contribution in [3.05, 3.63) is 53.7 Å². The molecule has 1 aromatic heterocycles. The summed E-state index contributed by atoms with van der Waals surface area (Å²) in [6.45, 7) is 5.19. The van der Waals surface area contributed by atoms with Crippen molar-refractivity contribution in [1.29, 1.82) is 5.26 Å². The number of benzene rings is 1. The van der Waals surface area contributed by atoms with Crippen molar-refractivity contribution >= 4 is 11.7 Å². The largest absolute Gasteiger partial charge is 0.308 e. The SMILES string of the molecule is CC(C)CNCC(=O)N(Cc1ccc(F)cc1)c1ccnc(C#N)n1. The van der Waals surface area contributed by atoms with E-state index in [2.05, 4.69) is 29.1 Å². The molecular formula is C18H20FN5O. The summed E-state index contributed by atoms with van der Waals surface area (Å²) in [5.74, 6) is 0.223. The number of aromatic nitrogens is 2. The lowest BCUT2D eigenvalue weighted by molar-refractivity contribution is -0.118. The van der Waals surface area contributed by atoms with Crippen molar-refractivity contribution in [1.82, 2.24) is 15.3 Å². The molecule has 7 heteroatoms. The van der Waals surface area contributed by atoms with Crippen LogP contribution in [0.15, 0.2) is 36.5 Å². The minimum atomic E-state index is -0.339. The molecule has 1 aromatic carbocycles. The highest BCUT2D eigenvalue weighted by molar-refractivity contribution is 5.93. The minimum Gasteiger partial charge on any atom is -0.308 e. The second kappa shape index (κ2) is 8.85. The van der Waals surface area contributed by atoms with Gasteiger partial charge in [0.05, 0.1) is 13.1 Å². The molecule has 0 aliphatic rings. The van der Waals surface area contributed by atoms with Gasteiger partial charge in [-0.15, -0.1) is 0 Å². The van der Waals surface area contributed by atoms with Gasteiger partial charge >= 0.3 is 0 Å². The van der Waals surface area contributed by atoms with E-state index >= 15 is 0 Å². The number of hydrogen-bond acceptors (Lipinski definition) is 5. The van der Waals surface area contributed by atoms with E-state index in [0.29, 0.717) is 18.3 Å². The lowest BCUT2D eigenvalue weighted by Crippen LogP contribution is -2.39. The average molecular weight is 341 g/mol. The number of nitrogens with zero attached hydrogens (tertiary/aromatic N) is 4. The molecule has 0 radical (unpaired) electrons. The van der Waals surface area contributed by atoms with E-state index in [-0.39, 0.29) is 30.6 Å². The monoisotopic (exact) mass is 341 g/mol. The highest BCUT2D eigenvalue weighted by Crippen LogP contribution is 2.15. The summed E-state index contributed by atoms with van der Waals surface area (Å²) < 4.78 is 13.1. The van der Waals surface area contributed by atoms with E-state index in [1.165, 1.54) is 23.2 Å². The van der Waals surface area contributed by atoms with E-state index in [4.69, 9.17) is 5.26 Å². The van der Waals surface area contributed by atoms with Gasteiger partial charge in [0.15, 0.2) is 0 Å². The zero-order valence-corrected chi connectivity index (χ0v) is 14.2. The maximum Gasteiger partial charge on any atom is 0.242 e. The molecule has 0 fully saturated rings. The van der Waals surface area contributed by atoms with Crippen LogP contribution in [0.4, 0.5) is 10.2 Å². The molecule has 0 atom stereocenters. The summed E-state index contributed by atoms with van der Waals surface area (Å²) in [6.07, 6.45) is 1.44. The summed E-state index contributed by atoms with van der Waals surface area (Å²) in [4.78, 5) is 22.0. The van der Waals surface area contributed by atoms with Gasteiger partial charge in [-0.3, -0.25) is 9.69 Å². The van der Waals surface area contributed by atoms with Crippen LogP contribution < -0.4 is 10.2 Å². The fraction of sp³-hybridized carbons (Fsp3) is 0.333. The number of carbonyl (C=O) groups excluding carboxylic acids is 1. The Morgan fingerprint density at radius 2 is 2.04 bits per heavy atom. The Hall–Kier alpha value is -2.85. The Morgan fingerprint density at radius 1 is 1.32 bits per heavy atom. The first-order valence-corrected chi connectivity index (χ1v) is 7.98. The van der Waals surface area contributed by atoms with Gasteiger partial charge in [-0.1, -0.05) is 26.0 Å². The summed E-state index contributed by atoms with van der Waals surface area (Å²) >= 11 is 0. The maximum absolute atomic E-state index is 13.1. The molecule has 1 amide bonds. The summed E-state index contributed by atoms with van der Waals surface area (Å²) in [7, 11) is 0. The van der Waals surface area contributed by atoms with Crippen LogP contribution in [-0.2, 0) is 11.3 Å². The highest BCUT2D eigenvalue weighted by Gasteiger charge is 2.18. The van der Waals surface area contributed by atoms with Gasteiger partial charge < -0.3 is 5.32 Å². The van der Waals surface area contributed by atoms with Crippen LogP contribution in [-0.4, -0.2) is 29.0 Å². The Labute approximate surface area is 146 Å². The molecule has 25 heavy (non-hydrogen) atoms. The molecule has 0 aliphatic heterocycles. The summed E-state index contributed by atoms with van der Waals surface area (Å²) in [6, 6.07) is 9.35. The van der Waals surface area contributed by atoms with Crippen LogP contribution in [0.5, 0.6) is 0 Å². The summed E-state index contributed by atoms with van der Waals surface area (Å²) in [5, 5.41) is 12.1. The quantitative estimate of drug-likeness (QED) is 0.835. The van der Waals surface area contributed by atoms with Crippen LogP contribution in [0, 0.1) is 23.1 Å². The fourth-order valence-corrected chi connectivity index (χ4v) is 2.19. The van der Waals surface area contributed by atoms with Crippen molar-refractivity contribution in [2.45, 2.75) is 20.4 Å². The number of hydrogen-bond donors (Lipinski definition) is 1. The van der Waals surface area contributed by atoms with Crippen molar-refractivity contribution in [3.63, 3.8) is 0 Å². The number of halogens is 1. The zero-order chi connectivity index (χ0) is 18.2. The standard InChI is InChI=1S/C18H20FN5O/c1-13(2)10-21-11-18(25)24(12-14-3-5-15(19)6-4-14)17-7-8-22-16(9-20)23-17/h3-8,13,21H,10-12H2,1-2H3. The second-order valence-electron chi connectivity index (χ2n) is 5.98. The normalized spacial score (nSPS) is 10.5. The first-order valence-electron chi connectivity index (χ1n) is 7.98. The van der Waals surface area contributed by atoms with Gasteiger partial charge in [-0.25, -0.2) is 14.4 Å². The topological polar surface area (TPSA) is 81.9 Å². The fourth-order valence-electron chi connectivity index (χ4n) is 2.19. The maximum atomic E-state index is 13.1. The smallest absolute Gasteiger partial charge is 0.242 e. The first kappa shape index (κ1) is 18.5. The third-order valence-electron chi connectivity index (χ3n) is 3.40. The lowest BCUT2D eigenvalue weighted by Gasteiger charge is -2.22. The molecule has 0 spiro atoms.